The molecule has 1 aliphatic rings. The van der Waals surface area contributed by atoms with Gasteiger partial charge in [0.2, 0.25) is 0 Å². The molecule has 26 heteroatoms. The van der Waals surface area contributed by atoms with Gasteiger partial charge in [0, 0.05) is 0 Å². The first-order valence-corrected chi connectivity index (χ1v) is 14.6. The van der Waals surface area contributed by atoms with E-state index >= 15 is 0 Å². The van der Waals surface area contributed by atoms with Crippen LogP contribution >= 0.6 is 6.57 Å². The zero-order valence-electron chi connectivity index (χ0n) is 23.5. The summed E-state index contributed by atoms with van der Waals surface area (Å²) in [5.74, 6) is 0. The molecule has 0 aromatic heterocycles. The van der Waals surface area contributed by atoms with E-state index in [-0.39, 0.29) is 51.4 Å². The van der Waals surface area contributed by atoms with Crippen LogP contribution < -0.4 is 51.4 Å². The van der Waals surface area contributed by atoms with E-state index in [1.54, 1.807) is 0 Å². The Kier molecular flexibility index (Phi) is 18.2. The molecule has 0 unspecified atom stereocenters. The molecular formula is C20H26F17KNO6P. The van der Waals surface area contributed by atoms with Crippen LogP contribution in [-0.4, -0.2) is 121 Å². The molecule has 0 aromatic rings. The first-order chi connectivity index (χ1) is 20.2. The zero-order valence-corrected chi connectivity index (χ0v) is 27.5. The van der Waals surface area contributed by atoms with E-state index in [0.717, 1.165) is 0 Å². The predicted molar refractivity (Wildman–Crippen MR) is 118 cm³/mol. The molecular weight excluding hydrogens is 743 g/mol. The van der Waals surface area contributed by atoms with E-state index in [9.17, 15) is 74.3 Å². The van der Waals surface area contributed by atoms with E-state index in [0.29, 0.717) is 79.3 Å². The van der Waals surface area contributed by atoms with Gasteiger partial charge in [-0.15, -0.1) is 0 Å². The number of hydrogen-bond acceptors (Lipinski definition) is 7. The van der Waals surface area contributed by atoms with E-state index in [4.69, 9.17) is 33.7 Å². The summed E-state index contributed by atoms with van der Waals surface area (Å²) in [6.07, 6.45) is -30.5. The summed E-state index contributed by atoms with van der Waals surface area (Å²) in [5.41, 5.74) is -27.9. The standard InChI is InChI=1S/C12H24O6.C8H2F17NP.K/c1-2-14-5-6-16-9-10-18-12-11-17-8-7-15-4-3-13-1;9-3(10,11)6(18,19)27(24,25,2-1-26,7(20,21)4(12,13)14)8(22,23)5(15,16)17;/h1-12H2;2H2;/q;-1;+1. The number of ether oxygens (including phenoxy) is 6. The smallest absolute Gasteiger partial charge is 1.00 e. The molecule has 46 heavy (non-hydrogen) atoms. The molecule has 0 aromatic carbocycles. The molecule has 0 saturated carbocycles. The number of halogens is 17. The molecule has 0 atom stereocenters. The van der Waals surface area contributed by atoms with E-state index in [1.165, 1.54) is 0 Å². The summed E-state index contributed by atoms with van der Waals surface area (Å²) in [4.78, 5) is 0. The average molecular weight is 769 g/mol. The summed E-state index contributed by atoms with van der Waals surface area (Å²) in [5, 5.41) is 7.82. The van der Waals surface area contributed by atoms with Crippen molar-refractivity contribution >= 4 is 6.57 Å². The fourth-order valence-electron chi connectivity index (χ4n) is 3.24. The van der Waals surface area contributed by atoms with Crippen molar-refractivity contribution < 1.29 is 154 Å². The minimum atomic E-state index is -13.9. The van der Waals surface area contributed by atoms with Gasteiger partial charge < -0.3 is 28.4 Å². The normalized spacial score (nSPS) is 20.3. The Hall–Kier alpha value is 0.126. The Bertz CT molecular complexity index is 823. The van der Waals surface area contributed by atoms with Crippen molar-refractivity contribution in [2.45, 2.75) is 35.5 Å². The second kappa shape index (κ2) is 17.4. The van der Waals surface area contributed by atoms with Gasteiger partial charge in [-0.3, -0.25) is 0 Å². The van der Waals surface area contributed by atoms with Crippen LogP contribution in [-0.2, 0) is 28.4 Å². The number of nitriles is 1. The minimum Gasteiger partial charge on any atom is 1.00 e. The van der Waals surface area contributed by atoms with Crippen molar-refractivity contribution in [3.05, 3.63) is 0 Å². The van der Waals surface area contributed by atoms with Gasteiger partial charge in [-0.05, 0) is 0 Å². The van der Waals surface area contributed by atoms with Gasteiger partial charge in [-0.25, -0.2) is 0 Å². The van der Waals surface area contributed by atoms with Gasteiger partial charge in [0.1, 0.15) is 0 Å². The van der Waals surface area contributed by atoms with Crippen LogP contribution in [0.1, 0.15) is 0 Å². The maximum Gasteiger partial charge on any atom is 1.00 e. The number of nitrogens with zero attached hydrogens (tertiary/aromatic N) is 1. The quantitative estimate of drug-likeness (QED) is 0.244. The Labute approximate surface area is 291 Å². The summed E-state index contributed by atoms with van der Waals surface area (Å²) < 4.78 is 251. The summed E-state index contributed by atoms with van der Waals surface area (Å²) >= 11 is 0. The Morgan fingerprint density at radius 2 is 0.565 bits per heavy atom. The Morgan fingerprint density at radius 3 is 0.674 bits per heavy atom. The Morgan fingerprint density at radius 1 is 0.413 bits per heavy atom. The van der Waals surface area contributed by atoms with Crippen molar-refractivity contribution in [2.75, 3.05) is 85.4 Å². The first-order valence-electron chi connectivity index (χ1n) is 12.0. The van der Waals surface area contributed by atoms with Gasteiger partial charge in [0.05, 0.1) is 79.3 Å². The molecule has 1 fully saturated rings. The predicted octanol–water partition coefficient (Wildman–Crippen LogP) is 3.94. The molecule has 0 N–H and O–H groups in total. The van der Waals surface area contributed by atoms with Gasteiger partial charge in [-0.2, -0.15) is 0 Å². The number of hydrogen-bond donors (Lipinski definition) is 0. The van der Waals surface area contributed by atoms with Gasteiger partial charge in [-0.1, -0.05) is 0 Å². The fraction of sp³-hybridized carbons (Fsp3) is 0.950. The molecule has 0 bridgehead atoms. The Balaban J connectivity index is 0. The molecule has 0 aliphatic carbocycles. The van der Waals surface area contributed by atoms with Crippen LogP contribution in [0.3, 0.4) is 0 Å². The third-order valence-electron chi connectivity index (χ3n) is 5.76. The van der Waals surface area contributed by atoms with E-state index in [1.807, 2.05) is 0 Å². The second-order valence-electron chi connectivity index (χ2n) is 8.73. The van der Waals surface area contributed by atoms with Crippen LogP contribution in [0.2, 0.25) is 0 Å². The fourth-order valence-corrected chi connectivity index (χ4v) is 7.09. The minimum absolute atomic E-state index is 0. The van der Waals surface area contributed by atoms with Crippen molar-refractivity contribution in [3.63, 3.8) is 0 Å². The van der Waals surface area contributed by atoms with Crippen LogP contribution in [0.15, 0.2) is 0 Å². The summed E-state index contributed by atoms with van der Waals surface area (Å²) in [6, 6.07) is -0.905. The van der Waals surface area contributed by atoms with Crippen LogP contribution in [0.4, 0.5) is 74.3 Å². The van der Waals surface area contributed by atoms with Gasteiger partial charge in [0.25, 0.3) is 0 Å². The summed E-state index contributed by atoms with van der Waals surface area (Å²) in [7, 11) is 0. The molecule has 1 heterocycles. The zero-order chi connectivity index (χ0) is 35.6. The van der Waals surface area contributed by atoms with E-state index in [2.05, 4.69) is 0 Å². The molecule has 7 nitrogen and oxygen atoms in total. The van der Waals surface area contributed by atoms with E-state index < -0.39 is 54.3 Å². The van der Waals surface area contributed by atoms with Crippen LogP contribution in [0.5, 0.6) is 0 Å². The van der Waals surface area contributed by atoms with Gasteiger partial charge >= 0.3 is 185 Å². The van der Waals surface area contributed by atoms with Crippen LogP contribution in [0.25, 0.3) is 0 Å². The molecule has 0 spiro atoms. The maximum absolute atomic E-state index is 14.5. The van der Waals surface area contributed by atoms with Crippen molar-refractivity contribution in [1.29, 1.82) is 5.26 Å². The summed E-state index contributed by atoms with van der Waals surface area (Å²) in [6.45, 7) is -6.90. The average Bonchev–Trinajstić information content (AvgIpc) is 2.87. The van der Waals surface area contributed by atoms with Crippen molar-refractivity contribution in [1.82, 2.24) is 0 Å². The third-order valence-corrected chi connectivity index (χ3v) is 11.5. The largest absolute Gasteiger partial charge is 1.00 e. The van der Waals surface area contributed by atoms with Gasteiger partial charge in [0.15, 0.2) is 0 Å². The molecule has 0 radical (unpaired) electrons. The molecule has 272 valence electrons. The molecule has 1 aliphatic heterocycles. The number of rotatable bonds is 4. The SMILES string of the molecule is C1COCCOCCOCCOCCOCCO1.N#CC[P-](F)(F)(C(F)(F)C(F)(F)F)(C(F)(F)C(F)(F)F)C(F)(F)C(F)(F)F.[K+]. The molecule has 1 rings (SSSR count). The van der Waals surface area contributed by atoms with Crippen molar-refractivity contribution in [3.8, 4) is 6.07 Å². The van der Waals surface area contributed by atoms with Crippen molar-refractivity contribution in [2.24, 2.45) is 0 Å². The first kappa shape index (κ1) is 48.2. The maximum atomic E-state index is 14.5. The monoisotopic (exact) mass is 769 g/mol. The third kappa shape index (κ3) is 8.88. The molecule has 0 amide bonds. The van der Waals surface area contributed by atoms with Crippen LogP contribution in [0, 0.1) is 11.3 Å². The molecule has 1 saturated heterocycles. The topological polar surface area (TPSA) is 79.2 Å². The number of alkyl halides is 15. The second-order valence-corrected chi connectivity index (χ2v) is 14.0.